The number of nitrogens with zero attached hydrogens (tertiary/aromatic N) is 2. The second-order valence-electron chi connectivity index (χ2n) is 7.05. The number of benzene rings is 3. The zero-order chi connectivity index (χ0) is 18.6. The van der Waals surface area contributed by atoms with E-state index >= 15 is 0 Å². The van der Waals surface area contributed by atoms with Crippen LogP contribution in [-0.2, 0) is 6.54 Å². The summed E-state index contributed by atoms with van der Waals surface area (Å²) in [6.07, 6.45) is 0. The maximum Gasteiger partial charge on any atom is 0.254 e. The van der Waals surface area contributed by atoms with Crippen molar-refractivity contribution < 1.29 is 9.69 Å². The highest BCUT2D eigenvalue weighted by atomic mass is 16.2. The number of carbonyl (C=O) groups is 1. The van der Waals surface area contributed by atoms with Gasteiger partial charge in [0, 0.05) is 11.1 Å². The van der Waals surface area contributed by atoms with Crippen molar-refractivity contribution >= 4 is 16.7 Å². The summed E-state index contributed by atoms with van der Waals surface area (Å²) in [5.41, 5.74) is 2.61. The molecule has 4 rings (SSSR count). The molecule has 1 N–H and O–H groups in total. The van der Waals surface area contributed by atoms with E-state index in [9.17, 15) is 4.79 Å². The smallest absolute Gasteiger partial charge is 0.254 e. The highest BCUT2D eigenvalue weighted by Gasteiger charge is 2.24. The minimum atomic E-state index is 0.0590. The Morgan fingerprint density at radius 1 is 0.963 bits per heavy atom. The number of amides is 1. The van der Waals surface area contributed by atoms with Gasteiger partial charge < -0.3 is 9.80 Å². The minimum absolute atomic E-state index is 0.0590. The third-order valence-corrected chi connectivity index (χ3v) is 5.34. The molecule has 0 aromatic heterocycles. The van der Waals surface area contributed by atoms with E-state index < -0.39 is 0 Å². The summed E-state index contributed by atoms with van der Waals surface area (Å²) in [4.78, 5) is 16.1. The van der Waals surface area contributed by atoms with Crippen molar-refractivity contribution in [1.29, 1.82) is 5.26 Å². The fourth-order valence-electron chi connectivity index (χ4n) is 3.79. The monoisotopic (exact) mass is 356 g/mol. The first kappa shape index (κ1) is 17.3. The Balaban J connectivity index is 1.40. The topological polar surface area (TPSA) is 48.5 Å². The number of rotatable bonds is 3. The van der Waals surface area contributed by atoms with Crippen LogP contribution in [0.3, 0.4) is 0 Å². The lowest BCUT2D eigenvalue weighted by molar-refractivity contribution is -0.917. The van der Waals surface area contributed by atoms with Crippen LogP contribution in [0.2, 0.25) is 0 Å². The van der Waals surface area contributed by atoms with Crippen molar-refractivity contribution in [3.8, 4) is 6.07 Å². The fraction of sp³-hybridized carbons (Fsp3) is 0.217. The van der Waals surface area contributed by atoms with Gasteiger partial charge in [-0.3, -0.25) is 4.79 Å². The first-order valence-corrected chi connectivity index (χ1v) is 9.34. The molecule has 3 aromatic carbocycles. The first-order valence-electron chi connectivity index (χ1n) is 9.34. The van der Waals surface area contributed by atoms with E-state index in [1.807, 2.05) is 4.90 Å². The van der Waals surface area contributed by atoms with Crippen molar-refractivity contribution in [2.24, 2.45) is 0 Å². The Bertz CT molecular complexity index is 991. The molecular weight excluding hydrogens is 334 g/mol. The van der Waals surface area contributed by atoms with Gasteiger partial charge in [0.05, 0.1) is 37.8 Å². The quantitative estimate of drug-likeness (QED) is 0.783. The Hall–Kier alpha value is -3.16. The molecule has 0 radical (unpaired) electrons. The zero-order valence-electron chi connectivity index (χ0n) is 15.2. The van der Waals surface area contributed by atoms with E-state index in [1.54, 1.807) is 24.3 Å². The lowest BCUT2D eigenvalue weighted by atomic mass is 10.0. The van der Waals surface area contributed by atoms with Gasteiger partial charge in [0.2, 0.25) is 0 Å². The van der Waals surface area contributed by atoms with Crippen LogP contribution >= 0.6 is 0 Å². The van der Waals surface area contributed by atoms with Crippen molar-refractivity contribution in [3.05, 3.63) is 83.4 Å². The normalized spacial score (nSPS) is 14.9. The molecular formula is C23H22N3O+. The summed E-state index contributed by atoms with van der Waals surface area (Å²) < 4.78 is 0. The van der Waals surface area contributed by atoms with Gasteiger partial charge in [-0.15, -0.1) is 0 Å². The zero-order valence-corrected chi connectivity index (χ0v) is 15.2. The van der Waals surface area contributed by atoms with E-state index in [4.69, 9.17) is 5.26 Å². The van der Waals surface area contributed by atoms with Crippen LogP contribution in [0.25, 0.3) is 10.8 Å². The number of nitrogens with one attached hydrogen (secondary N) is 1. The molecule has 134 valence electrons. The van der Waals surface area contributed by atoms with Gasteiger partial charge in [-0.25, -0.2) is 0 Å². The fourth-order valence-corrected chi connectivity index (χ4v) is 3.79. The number of hydrogen-bond donors (Lipinski definition) is 1. The van der Waals surface area contributed by atoms with Gasteiger partial charge in [-0.05, 0) is 35.0 Å². The molecule has 1 aliphatic rings. The molecule has 1 amide bonds. The average molecular weight is 356 g/mol. The third-order valence-electron chi connectivity index (χ3n) is 5.34. The lowest BCUT2D eigenvalue weighted by Gasteiger charge is -2.32. The second kappa shape index (κ2) is 7.61. The molecule has 0 atom stereocenters. The molecule has 27 heavy (non-hydrogen) atoms. The van der Waals surface area contributed by atoms with Gasteiger partial charge in [0.15, 0.2) is 0 Å². The van der Waals surface area contributed by atoms with E-state index in [1.165, 1.54) is 21.2 Å². The lowest BCUT2D eigenvalue weighted by Crippen LogP contribution is -3.13. The Morgan fingerprint density at radius 3 is 2.41 bits per heavy atom. The van der Waals surface area contributed by atoms with Crippen LogP contribution in [0, 0.1) is 11.3 Å². The highest BCUT2D eigenvalue weighted by Crippen LogP contribution is 2.17. The van der Waals surface area contributed by atoms with Crippen molar-refractivity contribution in [1.82, 2.24) is 4.90 Å². The van der Waals surface area contributed by atoms with E-state index in [0.717, 1.165) is 32.7 Å². The van der Waals surface area contributed by atoms with E-state index in [2.05, 4.69) is 48.5 Å². The Kier molecular flexibility index (Phi) is 4.86. The van der Waals surface area contributed by atoms with Gasteiger partial charge >= 0.3 is 0 Å². The van der Waals surface area contributed by atoms with Gasteiger partial charge in [0.25, 0.3) is 5.91 Å². The predicted molar refractivity (Wildman–Crippen MR) is 105 cm³/mol. The van der Waals surface area contributed by atoms with Crippen LogP contribution < -0.4 is 4.90 Å². The molecule has 0 saturated carbocycles. The highest BCUT2D eigenvalue weighted by molar-refractivity contribution is 5.94. The number of quaternary nitrogens is 1. The van der Waals surface area contributed by atoms with E-state index in [0.29, 0.717) is 11.1 Å². The molecule has 0 bridgehead atoms. The standard InChI is InChI=1S/C23H21N3O/c24-16-18-8-10-20(11-9-18)23(27)26-14-12-25(13-15-26)17-21-6-3-5-19-4-1-2-7-22(19)21/h1-11H,12-15,17H2/p+1. The van der Waals surface area contributed by atoms with Crippen LogP contribution in [0.4, 0.5) is 0 Å². The van der Waals surface area contributed by atoms with Gasteiger partial charge in [0.1, 0.15) is 6.54 Å². The Labute approximate surface area is 159 Å². The van der Waals surface area contributed by atoms with Crippen molar-refractivity contribution in [2.75, 3.05) is 26.2 Å². The summed E-state index contributed by atoms with van der Waals surface area (Å²) >= 11 is 0. The summed E-state index contributed by atoms with van der Waals surface area (Å²) in [6.45, 7) is 4.41. The number of carbonyl (C=O) groups excluding carboxylic acids is 1. The first-order chi connectivity index (χ1) is 13.2. The molecule has 1 aliphatic heterocycles. The summed E-state index contributed by atoms with van der Waals surface area (Å²) in [6, 6.07) is 24.0. The van der Waals surface area contributed by atoms with E-state index in [-0.39, 0.29) is 5.91 Å². The summed E-state index contributed by atoms with van der Waals surface area (Å²) in [5, 5.41) is 11.5. The molecule has 0 spiro atoms. The molecule has 3 aromatic rings. The SMILES string of the molecule is N#Cc1ccc(C(=O)N2CC[NH+](Cc3cccc4ccccc34)CC2)cc1. The molecule has 0 unspecified atom stereocenters. The number of piperazine rings is 1. The second-order valence-corrected chi connectivity index (χ2v) is 7.05. The van der Waals surface area contributed by atoms with Crippen molar-refractivity contribution in [3.63, 3.8) is 0 Å². The summed E-state index contributed by atoms with van der Waals surface area (Å²) in [7, 11) is 0. The predicted octanol–water partition coefficient (Wildman–Crippen LogP) is 2.25. The third kappa shape index (κ3) is 3.69. The van der Waals surface area contributed by atoms with Gasteiger partial charge in [-0.1, -0.05) is 42.5 Å². The van der Waals surface area contributed by atoms with Crippen LogP contribution in [0.15, 0.2) is 66.7 Å². The summed E-state index contributed by atoms with van der Waals surface area (Å²) in [5.74, 6) is 0.0590. The Morgan fingerprint density at radius 2 is 1.67 bits per heavy atom. The average Bonchev–Trinajstić information content (AvgIpc) is 2.74. The largest absolute Gasteiger partial charge is 0.328 e. The number of hydrogen-bond acceptors (Lipinski definition) is 2. The number of nitriles is 1. The molecule has 1 fully saturated rings. The molecule has 4 heteroatoms. The van der Waals surface area contributed by atoms with Crippen molar-refractivity contribution in [2.45, 2.75) is 6.54 Å². The molecule has 1 heterocycles. The van der Waals surface area contributed by atoms with Crippen LogP contribution in [0.1, 0.15) is 21.5 Å². The maximum atomic E-state index is 12.7. The molecule has 0 aliphatic carbocycles. The molecule has 1 saturated heterocycles. The minimum Gasteiger partial charge on any atom is -0.328 e. The van der Waals surface area contributed by atoms with Gasteiger partial charge in [-0.2, -0.15) is 5.26 Å². The number of fused-ring (bicyclic) bond motifs is 1. The van der Waals surface area contributed by atoms with Crippen LogP contribution in [-0.4, -0.2) is 37.0 Å². The molecule has 4 nitrogen and oxygen atoms in total. The van der Waals surface area contributed by atoms with Crippen LogP contribution in [0.5, 0.6) is 0 Å². The maximum absolute atomic E-state index is 12.7.